The van der Waals surface area contributed by atoms with Crippen LogP contribution < -0.4 is 5.32 Å². The molecule has 0 aliphatic carbocycles. The molecule has 0 fully saturated rings. The van der Waals surface area contributed by atoms with Gasteiger partial charge in [-0.1, -0.05) is 23.8 Å². The minimum atomic E-state index is -3.86. The molecule has 1 atom stereocenters. The lowest BCUT2D eigenvalue weighted by molar-refractivity contribution is -0.384. The number of carbonyl (C=O) groups excluding carboxylic acids is 1. The molecular formula is C20H18N2O6S. The molecule has 0 saturated carbocycles. The first-order valence-electron chi connectivity index (χ1n) is 8.65. The van der Waals surface area contributed by atoms with E-state index in [1.807, 2.05) is 6.92 Å². The molecule has 0 aliphatic rings. The van der Waals surface area contributed by atoms with E-state index in [0.29, 0.717) is 0 Å². The topological polar surface area (TPSA) is 120 Å². The van der Waals surface area contributed by atoms with Gasteiger partial charge in [-0.25, -0.2) is 8.42 Å². The Morgan fingerprint density at radius 1 is 1.14 bits per heavy atom. The molecule has 150 valence electrons. The van der Waals surface area contributed by atoms with Crippen LogP contribution in [-0.4, -0.2) is 25.8 Å². The van der Waals surface area contributed by atoms with Crippen molar-refractivity contribution in [1.82, 2.24) is 5.32 Å². The Hall–Kier alpha value is -3.46. The number of hydrogen-bond donors (Lipinski definition) is 1. The van der Waals surface area contributed by atoms with Gasteiger partial charge in [-0.3, -0.25) is 14.9 Å². The lowest BCUT2D eigenvalue weighted by Gasteiger charge is -2.17. The maximum atomic E-state index is 13.1. The molecule has 0 spiro atoms. The number of sulfone groups is 1. The van der Waals surface area contributed by atoms with Gasteiger partial charge in [0.25, 0.3) is 11.6 Å². The van der Waals surface area contributed by atoms with E-state index in [9.17, 15) is 23.3 Å². The fraction of sp³-hybridized carbons (Fsp3) is 0.150. The lowest BCUT2D eigenvalue weighted by Crippen LogP contribution is -2.31. The number of rotatable bonds is 7. The van der Waals surface area contributed by atoms with Crippen LogP contribution in [-0.2, 0) is 9.84 Å². The zero-order valence-electron chi connectivity index (χ0n) is 15.4. The summed E-state index contributed by atoms with van der Waals surface area (Å²) in [5, 5.41) is 12.3. The maximum absolute atomic E-state index is 13.1. The smallest absolute Gasteiger partial charge is 0.270 e. The van der Waals surface area contributed by atoms with Crippen LogP contribution in [0.4, 0.5) is 5.69 Å². The number of carbonyl (C=O) groups is 1. The molecule has 1 aromatic heterocycles. The highest BCUT2D eigenvalue weighted by Gasteiger charge is 2.32. The third-order valence-electron chi connectivity index (χ3n) is 4.35. The van der Waals surface area contributed by atoms with Crippen LogP contribution in [0.5, 0.6) is 0 Å². The second kappa shape index (κ2) is 8.27. The van der Waals surface area contributed by atoms with Crippen LogP contribution in [0.3, 0.4) is 0 Å². The first-order chi connectivity index (χ1) is 13.8. The summed E-state index contributed by atoms with van der Waals surface area (Å²) in [4.78, 5) is 22.8. The van der Waals surface area contributed by atoms with Crippen LogP contribution in [0.1, 0.15) is 26.9 Å². The first kappa shape index (κ1) is 20.3. The average Bonchev–Trinajstić information content (AvgIpc) is 3.22. The summed E-state index contributed by atoms with van der Waals surface area (Å²) in [6, 6.07) is 14.7. The van der Waals surface area contributed by atoms with Gasteiger partial charge < -0.3 is 9.73 Å². The normalized spacial score (nSPS) is 12.3. The molecular weight excluding hydrogens is 396 g/mol. The predicted molar refractivity (Wildman–Crippen MR) is 105 cm³/mol. The number of non-ortho nitro benzene ring substituents is 1. The summed E-state index contributed by atoms with van der Waals surface area (Å²) < 4.78 is 31.6. The SMILES string of the molecule is Cc1ccc(S(=O)(=O)[C@H](CNC(=O)c2cccc([N+](=O)[O-])c2)c2ccco2)cc1. The van der Waals surface area contributed by atoms with Gasteiger partial charge in [-0.2, -0.15) is 0 Å². The fourth-order valence-corrected chi connectivity index (χ4v) is 4.36. The second-order valence-electron chi connectivity index (χ2n) is 6.38. The van der Waals surface area contributed by atoms with E-state index in [1.54, 1.807) is 18.2 Å². The maximum Gasteiger partial charge on any atom is 0.270 e. The van der Waals surface area contributed by atoms with Gasteiger partial charge in [0.1, 0.15) is 11.0 Å². The molecule has 0 bridgehead atoms. The Kier molecular flexibility index (Phi) is 5.79. The minimum Gasteiger partial charge on any atom is -0.468 e. The molecule has 1 N–H and O–H groups in total. The quantitative estimate of drug-likeness (QED) is 0.467. The van der Waals surface area contributed by atoms with Crippen molar-refractivity contribution in [1.29, 1.82) is 0 Å². The monoisotopic (exact) mass is 414 g/mol. The summed E-state index contributed by atoms with van der Waals surface area (Å²) in [5.74, 6) is -0.436. The van der Waals surface area contributed by atoms with Crippen molar-refractivity contribution >= 4 is 21.4 Å². The number of nitrogens with one attached hydrogen (secondary N) is 1. The number of nitro benzene ring substituents is 1. The van der Waals surface area contributed by atoms with Crippen molar-refractivity contribution in [2.24, 2.45) is 0 Å². The Morgan fingerprint density at radius 2 is 1.86 bits per heavy atom. The van der Waals surface area contributed by atoms with E-state index in [1.165, 1.54) is 42.7 Å². The van der Waals surface area contributed by atoms with Crippen LogP contribution in [0, 0.1) is 17.0 Å². The molecule has 1 amide bonds. The molecule has 29 heavy (non-hydrogen) atoms. The third-order valence-corrected chi connectivity index (χ3v) is 6.43. The number of furan rings is 1. The standard InChI is InChI=1S/C20H18N2O6S/c1-14-7-9-17(10-8-14)29(26,27)19(18-6-3-11-28-18)13-21-20(23)15-4-2-5-16(12-15)22(24)25/h2-12,19H,13H2,1H3,(H,21,23)/t19-/m1/s1. The molecule has 0 unspecified atom stereocenters. The zero-order chi connectivity index (χ0) is 21.0. The summed E-state index contributed by atoms with van der Waals surface area (Å²) in [5.41, 5.74) is 0.745. The molecule has 2 aromatic carbocycles. The fourth-order valence-electron chi connectivity index (χ4n) is 2.78. The lowest BCUT2D eigenvalue weighted by atomic mass is 10.2. The van der Waals surface area contributed by atoms with E-state index in [2.05, 4.69) is 5.32 Å². The van der Waals surface area contributed by atoms with E-state index < -0.39 is 25.9 Å². The van der Waals surface area contributed by atoms with Crippen LogP contribution >= 0.6 is 0 Å². The van der Waals surface area contributed by atoms with Crippen molar-refractivity contribution in [2.75, 3.05) is 6.54 Å². The Morgan fingerprint density at radius 3 is 2.48 bits per heavy atom. The van der Waals surface area contributed by atoms with Crippen molar-refractivity contribution in [3.8, 4) is 0 Å². The number of hydrogen-bond acceptors (Lipinski definition) is 6. The summed E-state index contributed by atoms with van der Waals surface area (Å²) in [6.07, 6.45) is 1.36. The van der Waals surface area contributed by atoms with Crippen molar-refractivity contribution < 1.29 is 22.6 Å². The number of amides is 1. The largest absolute Gasteiger partial charge is 0.468 e. The first-order valence-corrected chi connectivity index (χ1v) is 10.2. The molecule has 0 saturated heterocycles. The second-order valence-corrected chi connectivity index (χ2v) is 8.51. The summed E-state index contributed by atoms with van der Waals surface area (Å²) in [6.45, 7) is 1.59. The molecule has 8 nitrogen and oxygen atoms in total. The van der Waals surface area contributed by atoms with Gasteiger partial charge in [-0.05, 0) is 37.3 Å². The highest BCUT2D eigenvalue weighted by molar-refractivity contribution is 7.91. The molecule has 0 radical (unpaired) electrons. The molecule has 1 heterocycles. The molecule has 3 aromatic rings. The average molecular weight is 414 g/mol. The number of nitro groups is 1. The zero-order valence-corrected chi connectivity index (χ0v) is 16.3. The van der Waals surface area contributed by atoms with Crippen molar-refractivity contribution in [2.45, 2.75) is 17.1 Å². The van der Waals surface area contributed by atoms with Gasteiger partial charge in [0.15, 0.2) is 9.84 Å². The Bertz CT molecular complexity index is 1120. The third kappa shape index (κ3) is 4.52. The van der Waals surface area contributed by atoms with Gasteiger partial charge in [0.05, 0.1) is 16.1 Å². The molecule has 9 heteroatoms. The van der Waals surface area contributed by atoms with E-state index in [4.69, 9.17) is 4.42 Å². The van der Waals surface area contributed by atoms with Gasteiger partial charge in [0, 0.05) is 24.2 Å². The minimum absolute atomic E-state index is 0.0603. The Balaban J connectivity index is 1.86. The van der Waals surface area contributed by atoms with Crippen LogP contribution in [0.25, 0.3) is 0 Å². The van der Waals surface area contributed by atoms with Gasteiger partial charge in [0.2, 0.25) is 0 Å². The van der Waals surface area contributed by atoms with Crippen molar-refractivity contribution in [3.05, 3.63) is 93.9 Å². The number of nitrogens with zero attached hydrogens (tertiary/aromatic N) is 1. The Labute approximate surface area is 167 Å². The van der Waals surface area contributed by atoms with E-state index >= 15 is 0 Å². The highest BCUT2D eigenvalue weighted by atomic mass is 32.2. The van der Waals surface area contributed by atoms with E-state index in [0.717, 1.165) is 11.6 Å². The number of aryl methyl sites for hydroxylation is 1. The highest BCUT2D eigenvalue weighted by Crippen LogP contribution is 2.29. The summed E-state index contributed by atoms with van der Waals surface area (Å²) >= 11 is 0. The molecule has 3 rings (SSSR count). The predicted octanol–water partition coefficient (Wildman–Crippen LogP) is 3.44. The van der Waals surface area contributed by atoms with Crippen molar-refractivity contribution in [3.63, 3.8) is 0 Å². The van der Waals surface area contributed by atoms with Crippen LogP contribution in [0.2, 0.25) is 0 Å². The van der Waals surface area contributed by atoms with E-state index in [-0.39, 0.29) is 28.5 Å². The number of benzene rings is 2. The summed E-state index contributed by atoms with van der Waals surface area (Å²) in [7, 11) is -3.86. The van der Waals surface area contributed by atoms with Gasteiger partial charge in [-0.15, -0.1) is 0 Å². The molecule has 0 aliphatic heterocycles. The van der Waals surface area contributed by atoms with Gasteiger partial charge >= 0.3 is 0 Å². The van der Waals surface area contributed by atoms with Crippen LogP contribution in [0.15, 0.2) is 76.2 Å².